The van der Waals surface area contributed by atoms with Crippen molar-refractivity contribution in [2.75, 3.05) is 24.3 Å². The Morgan fingerprint density at radius 3 is 2.22 bits per heavy atom. The lowest BCUT2D eigenvalue weighted by Crippen LogP contribution is -2.45. The lowest BCUT2D eigenvalue weighted by atomic mass is 9.95. The standard InChI is InChI=1S/C25H32N4O3/c1-17(30)26-22-12-8-7-11-21(22)24(31)28-23(18-13-15-20(16-14-18)29(2)3)25(32)27-19-9-5-4-6-10-19/h7-8,11-16,19,23H,4-6,9-10H2,1-3H3,(H,26,30)(H,27,32)(H,28,31). The molecule has 1 saturated carbocycles. The minimum absolute atomic E-state index is 0.128. The maximum Gasteiger partial charge on any atom is 0.254 e. The second kappa shape index (κ2) is 10.8. The van der Waals surface area contributed by atoms with E-state index in [1.807, 2.05) is 43.3 Å². The Hall–Kier alpha value is -3.35. The molecule has 7 nitrogen and oxygen atoms in total. The summed E-state index contributed by atoms with van der Waals surface area (Å²) in [6.07, 6.45) is 5.31. The zero-order valence-corrected chi connectivity index (χ0v) is 19.0. The smallest absolute Gasteiger partial charge is 0.254 e. The average molecular weight is 437 g/mol. The van der Waals surface area contributed by atoms with E-state index in [1.165, 1.54) is 13.3 Å². The van der Waals surface area contributed by atoms with Crippen LogP contribution in [0.4, 0.5) is 11.4 Å². The molecule has 2 aromatic carbocycles. The van der Waals surface area contributed by atoms with E-state index in [-0.39, 0.29) is 17.9 Å². The van der Waals surface area contributed by atoms with E-state index >= 15 is 0 Å². The zero-order valence-electron chi connectivity index (χ0n) is 19.0. The van der Waals surface area contributed by atoms with Crippen molar-refractivity contribution >= 4 is 29.1 Å². The number of para-hydroxylation sites is 1. The monoisotopic (exact) mass is 436 g/mol. The molecule has 0 heterocycles. The third kappa shape index (κ3) is 6.09. The summed E-state index contributed by atoms with van der Waals surface area (Å²) in [5.41, 5.74) is 2.42. The highest BCUT2D eigenvalue weighted by molar-refractivity contribution is 6.04. The van der Waals surface area contributed by atoms with Crippen LogP contribution < -0.4 is 20.9 Å². The van der Waals surface area contributed by atoms with Crippen LogP contribution in [-0.2, 0) is 9.59 Å². The predicted octanol–water partition coefficient (Wildman–Crippen LogP) is 3.63. The maximum absolute atomic E-state index is 13.3. The SMILES string of the molecule is CC(=O)Nc1ccccc1C(=O)NC(C(=O)NC1CCCCC1)c1ccc(N(C)C)cc1. The number of carbonyl (C=O) groups excluding carboxylic acids is 3. The molecule has 3 rings (SSSR count). The van der Waals surface area contributed by atoms with Crippen molar-refractivity contribution in [1.29, 1.82) is 0 Å². The average Bonchev–Trinajstić information content (AvgIpc) is 2.78. The van der Waals surface area contributed by atoms with E-state index in [0.29, 0.717) is 16.8 Å². The highest BCUT2D eigenvalue weighted by Gasteiger charge is 2.27. The molecule has 7 heteroatoms. The summed E-state index contributed by atoms with van der Waals surface area (Å²) in [7, 11) is 3.89. The first-order valence-corrected chi connectivity index (χ1v) is 11.1. The molecular formula is C25H32N4O3. The number of rotatable bonds is 7. The van der Waals surface area contributed by atoms with E-state index in [2.05, 4.69) is 16.0 Å². The van der Waals surface area contributed by atoms with Crippen LogP contribution in [-0.4, -0.2) is 37.9 Å². The van der Waals surface area contributed by atoms with Crippen LogP contribution >= 0.6 is 0 Å². The fourth-order valence-corrected chi connectivity index (χ4v) is 3.99. The topological polar surface area (TPSA) is 90.5 Å². The van der Waals surface area contributed by atoms with Crippen LogP contribution in [0.5, 0.6) is 0 Å². The van der Waals surface area contributed by atoms with Gasteiger partial charge in [-0.05, 0) is 42.7 Å². The lowest BCUT2D eigenvalue weighted by Gasteiger charge is -2.26. The van der Waals surface area contributed by atoms with Gasteiger partial charge in [-0.25, -0.2) is 0 Å². The van der Waals surface area contributed by atoms with Gasteiger partial charge in [0.15, 0.2) is 0 Å². The molecule has 0 spiro atoms. The zero-order chi connectivity index (χ0) is 23.1. The molecule has 3 N–H and O–H groups in total. The summed E-state index contributed by atoms with van der Waals surface area (Å²) in [6, 6.07) is 13.6. The number of amides is 3. The molecule has 0 radical (unpaired) electrons. The minimum Gasteiger partial charge on any atom is -0.378 e. The Kier molecular flexibility index (Phi) is 7.87. The minimum atomic E-state index is -0.842. The Labute approximate surface area is 189 Å². The second-order valence-electron chi connectivity index (χ2n) is 8.46. The van der Waals surface area contributed by atoms with E-state index < -0.39 is 11.9 Å². The third-order valence-electron chi connectivity index (χ3n) is 5.71. The number of benzene rings is 2. The van der Waals surface area contributed by atoms with Crippen molar-refractivity contribution in [2.24, 2.45) is 0 Å². The molecule has 0 bridgehead atoms. The molecule has 1 unspecified atom stereocenters. The fourth-order valence-electron chi connectivity index (χ4n) is 3.99. The molecule has 1 aliphatic rings. The Morgan fingerprint density at radius 2 is 1.59 bits per heavy atom. The van der Waals surface area contributed by atoms with Gasteiger partial charge in [0.1, 0.15) is 6.04 Å². The quantitative estimate of drug-likeness (QED) is 0.618. The highest BCUT2D eigenvalue weighted by Crippen LogP contribution is 2.23. The van der Waals surface area contributed by atoms with Gasteiger partial charge >= 0.3 is 0 Å². The van der Waals surface area contributed by atoms with Gasteiger partial charge in [-0.2, -0.15) is 0 Å². The van der Waals surface area contributed by atoms with Crippen LogP contribution in [0.15, 0.2) is 48.5 Å². The normalized spacial score (nSPS) is 14.8. The predicted molar refractivity (Wildman–Crippen MR) is 127 cm³/mol. The van der Waals surface area contributed by atoms with Crippen LogP contribution in [0.2, 0.25) is 0 Å². The third-order valence-corrected chi connectivity index (χ3v) is 5.71. The molecule has 1 atom stereocenters. The van der Waals surface area contributed by atoms with Gasteiger partial charge in [-0.3, -0.25) is 14.4 Å². The molecule has 0 aromatic heterocycles. The van der Waals surface area contributed by atoms with Crippen molar-refractivity contribution in [3.8, 4) is 0 Å². The Bertz CT molecular complexity index is 950. The van der Waals surface area contributed by atoms with E-state index in [1.54, 1.807) is 24.3 Å². The van der Waals surface area contributed by atoms with Gasteiger partial charge < -0.3 is 20.9 Å². The number of carbonyl (C=O) groups is 3. The van der Waals surface area contributed by atoms with Gasteiger partial charge in [-0.15, -0.1) is 0 Å². The molecule has 3 amide bonds. The number of hydrogen-bond donors (Lipinski definition) is 3. The van der Waals surface area contributed by atoms with E-state index in [0.717, 1.165) is 31.4 Å². The summed E-state index contributed by atoms with van der Waals surface area (Å²) in [5, 5.41) is 8.69. The van der Waals surface area contributed by atoms with Crippen molar-refractivity contribution in [1.82, 2.24) is 10.6 Å². The Balaban J connectivity index is 1.85. The van der Waals surface area contributed by atoms with Gasteiger partial charge in [0, 0.05) is 32.7 Å². The summed E-state index contributed by atoms with van der Waals surface area (Å²) in [6.45, 7) is 1.39. The van der Waals surface area contributed by atoms with Crippen molar-refractivity contribution in [3.63, 3.8) is 0 Å². The molecule has 1 aliphatic carbocycles. The first-order valence-electron chi connectivity index (χ1n) is 11.1. The van der Waals surface area contributed by atoms with E-state index in [9.17, 15) is 14.4 Å². The van der Waals surface area contributed by atoms with Crippen molar-refractivity contribution in [3.05, 3.63) is 59.7 Å². The first-order chi connectivity index (χ1) is 15.3. The first kappa shape index (κ1) is 23.3. The van der Waals surface area contributed by atoms with Gasteiger partial charge in [0.2, 0.25) is 11.8 Å². The van der Waals surface area contributed by atoms with Crippen LogP contribution in [0.1, 0.15) is 61.0 Å². The molecule has 0 aliphatic heterocycles. The lowest BCUT2D eigenvalue weighted by molar-refractivity contribution is -0.124. The molecular weight excluding hydrogens is 404 g/mol. The largest absolute Gasteiger partial charge is 0.378 e. The van der Waals surface area contributed by atoms with Gasteiger partial charge in [0.25, 0.3) is 5.91 Å². The van der Waals surface area contributed by atoms with Crippen LogP contribution in [0.3, 0.4) is 0 Å². The number of anilines is 2. The number of nitrogens with one attached hydrogen (secondary N) is 3. The van der Waals surface area contributed by atoms with Gasteiger partial charge in [-0.1, -0.05) is 43.5 Å². The number of nitrogens with zero attached hydrogens (tertiary/aromatic N) is 1. The summed E-state index contributed by atoms with van der Waals surface area (Å²) < 4.78 is 0. The molecule has 2 aromatic rings. The van der Waals surface area contributed by atoms with Crippen molar-refractivity contribution < 1.29 is 14.4 Å². The molecule has 170 valence electrons. The number of hydrogen-bond acceptors (Lipinski definition) is 4. The summed E-state index contributed by atoms with van der Waals surface area (Å²) >= 11 is 0. The van der Waals surface area contributed by atoms with E-state index in [4.69, 9.17) is 0 Å². The van der Waals surface area contributed by atoms with Gasteiger partial charge in [0.05, 0.1) is 11.3 Å². The maximum atomic E-state index is 13.3. The van der Waals surface area contributed by atoms with Crippen LogP contribution in [0, 0.1) is 0 Å². The van der Waals surface area contributed by atoms with Crippen molar-refractivity contribution in [2.45, 2.75) is 51.1 Å². The second-order valence-corrected chi connectivity index (χ2v) is 8.46. The van der Waals surface area contributed by atoms with Crippen LogP contribution in [0.25, 0.3) is 0 Å². The summed E-state index contributed by atoms with van der Waals surface area (Å²) in [5.74, 6) is -0.911. The molecule has 0 saturated heterocycles. The summed E-state index contributed by atoms with van der Waals surface area (Å²) in [4.78, 5) is 39.9. The molecule has 32 heavy (non-hydrogen) atoms. The Morgan fingerprint density at radius 1 is 0.938 bits per heavy atom. The fraction of sp³-hybridized carbons (Fsp3) is 0.400. The highest BCUT2D eigenvalue weighted by atomic mass is 16.2. The molecule has 1 fully saturated rings.